The normalized spacial score (nSPS) is 14.0. The number of amides is 1. The Labute approximate surface area is 181 Å². The lowest BCUT2D eigenvalue weighted by Crippen LogP contribution is -2.34. The molecule has 0 bridgehead atoms. The number of rotatable bonds is 8. The molecule has 3 heterocycles. The fourth-order valence-electron chi connectivity index (χ4n) is 3.54. The molecule has 0 N–H and O–H groups in total. The third-order valence-electron chi connectivity index (χ3n) is 5.13. The fourth-order valence-corrected chi connectivity index (χ4v) is 3.73. The van der Waals surface area contributed by atoms with Gasteiger partial charge in [0.2, 0.25) is 0 Å². The van der Waals surface area contributed by atoms with Crippen LogP contribution in [0, 0.1) is 0 Å². The number of benzene rings is 1. The van der Waals surface area contributed by atoms with Gasteiger partial charge in [-0.05, 0) is 49.6 Å². The molecule has 4 rings (SSSR count). The molecule has 0 atom stereocenters. The van der Waals surface area contributed by atoms with Crippen LogP contribution in [0.15, 0.2) is 63.6 Å². The minimum absolute atomic E-state index is 0.121. The number of nitrogens with zero attached hydrogens (tertiary/aromatic N) is 2. The average Bonchev–Trinajstić information content (AvgIpc) is 3.45. The van der Waals surface area contributed by atoms with Gasteiger partial charge in [0.05, 0.1) is 24.4 Å². The maximum atomic E-state index is 12.9. The van der Waals surface area contributed by atoms with E-state index in [2.05, 4.69) is 4.90 Å². The smallest absolute Gasteiger partial charge is 0.261 e. The van der Waals surface area contributed by atoms with Gasteiger partial charge in [-0.1, -0.05) is 23.7 Å². The van der Waals surface area contributed by atoms with Crippen LogP contribution in [-0.2, 0) is 17.9 Å². The van der Waals surface area contributed by atoms with Gasteiger partial charge in [0, 0.05) is 19.2 Å². The summed E-state index contributed by atoms with van der Waals surface area (Å²) in [5.41, 5.74) is 0. The van der Waals surface area contributed by atoms with Crippen molar-refractivity contribution in [3.8, 4) is 5.75 Å². The van der Waals surface area contributed by atoms with Crippen LogP contribution < -0.4 is 9.64 Å². The summed E-state index contributed by atoms with van der Waals surface area (Å²) in [5, 5.41) is 0.472. The summed E-state index contributed by atoms with van der Waals surface area (Å²) in [6.07, 6.45) is 5.22. The number of para-hydroxylation sites is 1. The second-order valence-electron chi connectivity index (χ2n) is 7.34. The number of anilines is 1. The van der Waals surface area contributed by atoms with Crippen LogP contribution in [0.2, 0.25) is 5.02 Å². The van der Waals surface area contributed by atoms with E-state index in [0.29, 0.717) is 29.6 Å². The third kappa shape index (κ3) is 5.19. The van der Waals surface area contributed by atoms with Gasteiger partial charge in [-0.25, -0.2) is 0 Å². The van der Waals surface area contributed by atoms with Crippen LogP contribution in [0.4, 0.5) is 5.88 Å². The molecule has 0 aliphatic carbocycles. The largest absolute Gasteiger partial charge is 0.482 e. The standard InChI is InChI=1S/C23H25ClN2O4/c24-20-8-2-3-9-21(20)29-17-22(27)26(15-18-7-6-14-28-18)16-19-10-11-23(30-19)25-12-4-1-5-13-25/h2-3,6-11,14H,1,4-5,12-13,15-17H2. The van der Waals surface area contributed by atoms with Gasteiger partial charge >= 0.3 is 0 Å². The number of hydrogen-bond acceptors (Lipinski definition) is 5. The van der Waals surface area contributed by atoms with Crippen molar-refractivity contribution in [1.29, 1.82) is 0 Å². The highest BCUT2D eigenvalue weighted by Gasteiger charge is 2.20. The Kier molecular flexibility index (Phi) is 6.64. The first-order valence-corrected chi connectivity index (χ1v) is 10.6. The Morgan fingerprint density at radius 2 is 1.80 bits per heavy atom. The molecule has 1 amide bonds. The molecule has 1 saturated heterocycles. The molecule has 1 fully saturated rings. The summed E-state index contributed by atoms with van der Waals surface area (Å²) >= 11 is 6.12. The van der Waals surface area contributed by atoms with Crippen molar-refractivity contribution in [1.82, 2.24) is 4.90 Å². The molecule has 1 aliphatic heterocycles. The summed E-state index contributed by atoms with van der Waals surface area (Å²) in [7, 11) is 0. The van der Waals surface area contributed by atoms with Gasteiger partial charge in [0.15, 0.2) is 12.5 Å². The molecule has 2 aromatic heterocycles. The SMILES string of the molecule is O=C(COc1ccccc1Cl)N(Cc1ccco1)Cc1ccc(N2CCCCC2)o1. The van der Waals surface area contributed by atoms with Crippen molar-refractivity contribution in [3.05, 3.63) is 71.3 Å². The first kappa shape index (κ1) is 20.4. The number of carbonyl (C=O) groups excluding carboxylic acids is 1. The molecule has 6 nitrogen and oxygen atoms in total. The maximum absolute atomic E-state index is 12.9. The zero-order chi connectivity index (χ0) is 20.8. The minimum Gasteiger partial charge on any atom is -0.482 e. The highest BCUT2D eigenvalue weighted by atomic mass is 35.5. The second kappa shape index (κ2) is 9.76. The number of furan rings is 2. The number of carbonyl (C=O) groups is 1. The molecule has 0 spiro atoms. The second-order valence-corrected chi connectivity index (χ2v) is 7.74. The first-order valence-electron chi connectivity index (χ1n) is 10.2. The number of hydrogen-bond donors (Lipinski definition) is 0. The van der Waals surface area contributed by atoms with Crippen molar-refractivity contribution in [2.45, 2.75) is 32.4 Å². The summed E-state index contributed by atoms with van der Waals surface area (Å²) in [5.74, 6) is 2.60. The van der Waals surface area contributed by atoms with E-state index >= 15 is 0 Å². The molecule has 3 aromatic rings. The van der Waals surface area contributed by atoms with Crippen LogP contribution in [0.1, 0.15) is 30.8 Å². The van der Waals surface area contributed by atoms with Gasteiger partial charge in [-0.15, -0.1) is 0 Å². The zero-order valence-corrected chi connectivity index (χ0v) is 17.5. The Hall–Kier alpha value is -2.86. The molecule has 0 saturated carbocycles. The van der Waals surface area contributed by atoms with Crippen LogP contribution in [-0.4, -0.2) is 30.5 Å². The van der Waals surface area contributed by atoms with Crippen LogP contribution in [0.25, 0.3) is 0 Å². The van der Waals surface area contributed by atoms with Crippen LogP contribution in [0.5, 0.6) is 5.75 Å². The lowest BCUT2D eigenvalue weighted by atomic mass is 10.1. The van der Waals surface area contributed by atoms with Crippen LogP contribution >= 0.6 is 11.6 Å². The predicted octanol–water partition coefficient (Wildman–Crippen LogP) is 5.12. The molecular formula is C23H25ClN2O4. The molecule has 7 heteroatoms. The minimum atomic E-state index is -0.178. The van der Waals surface area contributed by atoms with Crippen LogP contribution in [0.3, 0.4) is 0 Å². The van der Waals surface area contributed by atoms with Crippen molar-refractivity contribution in [2.75, 3.05) is 24.6 Å². The Balaban J connectivity index is 1.43. The van der Waals surface area contributed by atoms with Gasteiger partial charge in [0.1, 0.15) is 17.3 Å². The van der Waals surface area contributed by atoms with E-state index in [4.69, 9.17) is 25.2 Å². The van der Waals surface area contributed by atoms with Crippen molar-refractivity contribution in [3.63, 3.8) is 0 Å². The lowest BCUT2D eigenvalue weighted by Gasteiger charge is -2.26. The van der Waals surface area contributed by atoms with E-state index < -0.39 is 0 Å². The predicted molar refractivity (Wildman–Crippen MR) is 115 cm³/mol. The van der Waals surface area contributed by atoms with Crippen molar-refractivity contribution >= 4 is 23.4 Å². The summed E-state index contributed by atoms with van der Waals surface area (Å²) < 4.78 is 17.1. The lowest BCUT2D eigenvalue weighted by molar-refractivity contribution is -0.135. The van der Waals surface area contributed by atoms with E-state index in [0.717, 1.165) is 24.7 Å². The van der Waals surface area contributed by atoms with Gasteiger partial charge in [0.25, 0.3) is 5.91 Å². The quantitative estimate of drug-likeness (QED) is 0.498. The summed E-state index contributed by atoms with van der Waals surface area (Å²) in [6.45, 7) is 2.56. The number of halogens is 1. The highest BCUT2D eigenvalue weighted by Crippen LogP contribution is 2.25. The van der Waals surface area contributed by atoms with E-state index in [1.165, 1.54) is 19.3 Å². The van der Waals surface area contributed by atoms with E-state index in [-0.39, 0.29) is 12.5 Å². The van der Waals surface area contributed by atoms with Crippen molar-refractivity contribution < 1.29 is 18.4 Å². The molecule has 0 unspecified atom stereocenters. The zero-order valence-electron chi connectivity index (χ0n) is 16.8. The van der Waals surface area contributed by atoms with E-state index in [1.54, 1.807) is 29.4 Å². The Morgan fingerprint density at radius 1 is 1.00 bits per heavy atom. The molecule has 1 aliphatic rings. The molecule has 0 radical (unpaired) electrons. The van der Waals surface area contributed by atoms with E-state index in [1.807, 2.05) is 30.3 Å². The monoisotopic (exact) mass is 428 g/mol. The van der Waals surface area contributed by atoms with Crippen molar-refractivity contribution in [2.24, 2.45) is 0 Å². The fraction of sp³-hybridized carbons (Fsp3) is 0.348. The first-order chi connectivity index (χ1) is 14.7. The molecule has 1 aromatic carbocycles. The highest BCUT2D eigenvalue weighted by molar-refractivity contribution is 6.32. The Morgan fingerprint density at radius 3 is 2.57 bits per heavy atom. The van der Waals surface area contributed by atoms with Gasteiger partial charge < -0.3 is 23.4 Å². The average molecular weight is 429 g/mol. The summed E-state index contributed by atoms with van der Waals surface area (Å²) in [6, 6.07) is 14.7. The van der Waals surface area contributed by atoms with E-state index in [9.17, 15) is 4.79 Å². The third-order valence-corrected chi connectivity index (χ3v) is 5.44. The van der Waals surface area contributed by atoms with Gasteiger partial charge in [-0.3, -0.25) is 4.79 Å². The molecular weight excluding hydrogens is 404 g/mol. The molecule has 30 heavy (non-hydrogen) atoms. The molecule has 158 valence electrons. The number of ether oxygens (including phenoxy) is 1. The maximum Gasteiger partial charge on any atom is 0.261 e. The summed E-state index contributed by atoms with van der Waals surface area (Å²) in [4.78, 5) is 16.8. The Bertz CT molecular complexity index is 948. The number of piperidine rings is 1. The topological polar surface area (TPSA) is 59.1 Å². The van der Waals surface area contributed by atoms with Gasteiger partial charge in [-0.2, -0.15) is 0 Å².